The third-order valence-corrected chi connectivity index (χ3v) is 2.90. The van der Waals surface area contributed by atoms with Gasteiger partial charge in [0.25, 0.3) is 5.69 Å². The molecule has 0 fully saturated rings. The number of hydrogen-bond acceptors (Lipinski definition) is 5. The van der Waals surface area contributed by atoms with E-state index in [9.17, 15) is 10.1 Å². The van der Waals surface area contributed by atoms with E-state index >= 15 is 0 Å². The van der Waals surface area contributed by atoms with Gasteiger partial charge in [-0.1, -0.05) is 12.1 Å². The molecule has 2 rings (SSSR count). The number of ether oxygens (including phenoxy) is 1. The molecule has 0 saturated carbocycles. The van der Waals surface area contributed by atoms with Crippen molar-refractivity contribution in [1.82, 2.24) is 0 Å². The zero-order valence-electron chi connectivity index (χ0n) is 11.0. The number of nitrogens with two attached hydrogens (primary N) is 1. The normalized spacial score (nSPS) is 10.1. The molecule has 6 nitrogen and oxygen atoms in total. The first-order valence-corrected chi connectivity index (χ1v) is 6.00. The van der Waals surface area contributed by atoms with E-state index in [2.05, 4.69) is 0 Å². The highest BCUT2D eigenvalue weighted by Crippen LogP contribution is 2.19. The summed E-state index contributed by atoms with van der Waals surface area (Å²) in [6.45, 7) is 0.463. The maximum atomic E-state index is 10.6. The Morgan fingerprint density at radius 3 is 2.25 bits per heavy atom. The van der Waals surface area contributed by atoms with Gasteiger partial charge in [-0.15, -0.1) is 0 Å². The van der Waals surface area contributed by atoms with Gasteiger partial charge in [-0.05, 0) is 29.8 Å². The van der Waals surface area contributed by atoms with Crippen LogP contribution >= 0.6 is 0 Å². The molecule has 0 aliphatic heterocycles. The highest BCUT2D eigenvalue weighted by atomic mass is 16.6. The third-order valence-electron chi connectivity index (χ3n) is 2.90. The zero-order chi connectivity index (χ0) is 14.5. The standard InChI is InChI=1S/C14H15N3O3/c1-20-14-8-6-12(7-9-14)16(15)10-11-2-4-13(5-3-11)17(18)19/h2-9H,10,15H2,1H3. The van der Waals surface area contributed by atoms with Gasteiger partial charge in [-0.2, -0.15) is 0 Å². The van der Waals surface area contributed by atoms with E-state index in [4.69, 9.17) is 10.6 Å². The maximum Gasteiger partial charge on any atom is 0.269 e. The Labute approximate surface area is 116 Å². The number of anilines is 1. The molecule has 0 spiro atoms. The van der Waals surface area contributed by atoms with E-state index < -0.39 is 4.92 Å². The van der Waals surface area contributed by atoms with Crippen molar-refractivity contribution in [3.63, 3.8) is 0 Å². The largest absolute Gasteiger partial charge is 0.497 e. The molecular formula is C14H15N3O3. The maximum absolute atomic E-state index is 10.6. The summed E-state index contributed by atoms with van der Waals surface area (Å²) in [5.74, 6) is 6.74. The van der Waals surface area contributed by atoms with Crippen molar-refractivity contribution in [1.29, 1.82) is 0 Å². The fourth-order valence-electron chi connectivity index (χ4n) is 1.78. The van der Waals surface area contributed by atoms with E-state index in [1.165, 1.54) is 12.1 Å². The van der Waals surface area contributed by atoms with Gasteiger partial charge in [0, 0.05) is 12.1 Å². The number of rotatable bonds is 5. The minimum absolute atomic E-state index is 0.0711. The molecule has 0 heterocycles. The predicted molar refractivity (Wildman–Crippen MR) is 76.5 cm³/mol. The molecule has 0 amide bonds. The van der Waals surface area contributed by atoms with Gasteiger partial charge in [-0.3, -0.25) is 10.1 Å². The molecule has 0 radical (unpaired) electrons. The molecular weight excluding hydrogens is 258 g/mol. The van der Waals surface area contributed by atoms with Crippen LogP contribution in [-0.4, -0.2) is 12.0 Å². The number of methoxy groups -OCH3 is 1. The Kier molecular flexibility index (Phi) is 4.17. The van der Waals surface area contributed by atoms with E-state index in [1.807, 2.05) is 24.3 Å². The van der Waals surface area contributed by atoms with E-state index in [1.54, 1.807) is 24.3 Å². The molecule has 104 valence electrons. The number of nitro benzene ring substituents is 1. The molecule has 20 heavy (non-hydrogen) atoms. The van der Waals surface area contributed by atoms with Crippen molar-refractivity contribution in [3.05, 3.63) is 64.2 Å². The summed E-state index contributed by atoms with van der Waals surface area (Å²) >= 11 is 0. The van der Waals surface area contributed by atoms with E-state index in [0.717, 1.165) is 17.0 Å². The molecule has 0 aliphatic rings. The zero-order valence-corrected chi connectivity index (χ0v) is 11.0. The van der Waals surface area contributed by atoms with Crippen molar-refractivity contribution in [2.75, 3.05) is 12.1 Å². The first-order chi connectivity index (χ1) is 9.60. The Morgan fingerprint density at radius 2 is 1.75 bits per heavy atom. The van der Waals surface area contributed by atoms with Gasteiger partial charge in [0.2, 0.25) is 0 Å². The molecule has 0 saturated heterocycles. The first kappa shape index (κ1) is 13.8. The quantitative estimate of drug-likeness (QED) is 0.514. The number of benzene rings is 2. The lowest BCUT2D eigenvalue weighted by molar-refractivity contribution is -0.384. The van der Waals surface area contributed by atoms with Crippen molar-refractivity contribution in [2.24, 2.45) is 5.84 Å². The average Bonchev–Trinajstić information content (AvgIpc) is 2.48. The van der Waals surface area contributed by atoms with Crippen molar-refractivity contribution in [3.8, 4) is 5.75 Å². The van der Waals surface area contributed by atoms with Crippen LogP contribution in [0, 0.1) is 10.1 Å². The highest BCUT2D eigenvalue weighted by Gasteiger charge is 2.07. The number of hydrazine groups is 1. The number of nitro groups is 1. The van der Waals surface area contributed by atoms with Crippen LogP contribution in [0.4, 0.5) is 11.4 Å². The lowest BCUT2D eigenvalue weighted by atomic mass is 10.2. The number of hydrogen-bond donors (Lipinski definition) is 1. The highest BCUT2D eigenvalue weighted by molar-refractivity contribution is 5.48. The summed E-state index contributed by atoms with van der Waals surface area (Å²) in [6.07, 6.45) is 0. The topological polar surface area (TPSA) is 81.6 Å². The molecule has 2 N–H and O–H groups in total. The third kappa shape index (κ3) is 3.24. The Hall–Kier alpha value is -2.60. The van der Waals surface area contributed by atoms with Gasteiger partial charge < -0.3 is 9.75 Å². The van der Waals surface area contributed by atoms with Gasteiger partial charge in [-0.25, -0.2) is 5.84 Å². The summed E-state index contributed by atoms with van der Waals surface area (Å²) in [5.41, 5.74) is 1.81. The van der Waals surface area contributed by atoms with Crippen LogP contribution in [0.15, 0.2) is 48.5 Å². The molecule has 2 aromatic carbocycles. The van der Waals surface area contributed by atoms with Crippen LogP contribution in [0.25, 0.3) is 0 Å². The van der Waals surface area contributed by atoms with E-state index in [0.29, 0.717) is 6.54 Å². The Morgan fingerprint density at radius 1 is 1.15 bits per heavy atom. The molecule has 0 bridgehead atoms. The number of non-ortho nitro benzene ring substituents is 1. The molecule has 2 aromatic rings. The summed E-state index contributed by atoms with van der Waals surface area (Å²) in [5, 5.41) is 12.1. The smallest absolute Gasteiger partial charge is 0.269 e. The monoisotopic (exact) mass is 273 g/mol. The second kappa shape index (κ2) is 6.03. The van der Waals surface area contributed by atoms with Gasteiger partial charge >= 0.3 is 0 Å². The van der Waals surface area contributed by atoms with Crippen molar-refractivity contribution in [2.45, 2.75) is 6.54 Å². The Balaban J connectivity index is 2.06. The fraction of sp³-hybridized carbons (Fsp3) is 0.143. The summed E-state index contributed by atoms with van der Waals surface area (Å²) < 4.78 is 5.08. The van der Waals surface area contributed by atoms with Crippen molar-refractivity contribution >= 4 is 11.4 Å². The molecule has 0 aliphatic carbocycles. The van der Waals surface area contributed by atoms with Gasteiger partial charge in [0.05, 0.1) is 24.3 Å². The van der Waals surface area contributed by atoms with Crippen LogP contribution in [0.1, 0.15) is 5.56 Å². The lowest BCUT2D eigenvalue weighted by Crippen LogP contribution is -2.29. The molecule has 0 unspecified atom stereocenters. The van der Waals surface area contributed by atoms with Crippen molar-refractivity contribution < 1.29 is 9.66 Å². The van der Waals surface area contributed by atoms with Gasteiger partial charge in [0.1, 0.15) is 5.75 Å². The average molecular weight is 273 g/mol. The van der Waals surface area contributed by atoms with Crippen LogP contribution in [-0.2, 0) is 6.54 Å². The molecule has 0 atom stereocenters. The van der Waals surface area contributed by atoms with Crippen LogP contribution in [0.2, 0.25) is 0 Å². The Bertz CT molecular complexity index is 582. The molecule has 0 aromatic heterocycles. The molecule has 6 heteroatoms. The second-order valence-corrected chi connectivity index (χ2v) is 4.25. The second-order valence-electron chi connectivity index (χ2n) is 4.25. The minimum atomic E-state index is -0.423. The summed E-state index contributed by atoms with van der Waals surface area (Å²) in [7, 11) is 1.60. The minimum Gasteiger partial charge on any atom is -0.497 e. The number of nitrogens with zero attached hydrogens (tertiary/aromatic N) is 2. The van der Waals surface area contributed by atoms with Gasteiger partial charge in [0.15, 0.2) is 0 Å². The fourth-order valence-corrected chi connectivity index (χ4v) is 1.78. The lowest BCUT2D eigenvalue weighted by Gasteiger charge is -2.19. The van der Waals surface area contributed by atoms with Crippen LogP contribution in [0.3, 0.4) is 0 Å². The predicted octanol–water partition coefficient (Wildman–Crippen LogP) is 2.48. The van der Waals surface area contributed by atoms with Crippen LogP contribution in [0.5, 0.6) is 5.75 Å². The van der Waals surface area contributed by atoms with E-state index in [-0.39, 0.29) is 5.69 Å². The first-order valence-electron chi connectivity index (χ1n) is 6.00. The summed E-state index contributed by atoms with van der Waals surface area (Å²) in [6, 6.07) is 13.7. The summed E-state index contributed by atoms with van der Waals surface area (Å²) in [4.78, 5) is 10.2. The SMILES string of the molecule is COc1ccc(N(N)Cc2ccc([N+](=O)[O-])cc2)cc1. The van der Waals surface area contributed by atoms with Crippen LogP contribution < -0.4 is 15.6 Å².